The van der Waals surface area contributed by atoms with Crippen molar-refractivity contribution in [1.82, 2.24) is 4.31 Å². The van der Waals surface area contributed by atoms with E-state index in [1.165, 1.54) is 28.6 Å². The summed E-state index contributed by atoms with van der Waals surface area (Å²) in [5.41, 5.74) is 5.45. The van der Waals surface area contributed by atoms with Gasteiger partial charge in [-0.15, -0.1) is 0 Å². The van der Waals surface area contributed by atoms with Gasteiger partial charge in [0.1, 0.15) is 0 Å². The summed E-state index contributed by atoms with van der Waals surface area (Å²) in [6.07, 6.45) is 3.95. The molecule has 1 aliphatic heterocycles. The van der Waals surface area contributed by atoms with Crippen molar-refractivity contribution < 1.29 is 13.2 Å². The quantitative estimate of drug-likeness (QED) is 0.908. The highest BCUT2D eigenvalue weighted by Gasteiger charge is 2.24. The van der Waals surface area contributed by atoms with E-state index < -0.39 is 15.9 Å². The number of amides is 1. The van der Waals surface area contributed by atoms with Gasteiger partial charge >= 0.3 is 0 Å². The summed E-state index contributed by atoms with van der Waals surface area (Å²) in [7, 11) is -3.45. The molecule has 0 aromatic heterocycles. The van der Waals surface area contributed by atoms with Crippen LogP contribution in [0.5, 0.6) is 0 Å². The van der Waals surface area contributed by atoms with Crippen LogP contribution in [0.2, 0.25) is 0 Å². The number of hydrogen-bond donors (Lipinski definition) is 1. The molecule has 6 heteroatoms. The van der Waals surface area contributed by atoms with Crippen LogP contribution in [0.25, 0.3) is 0 Å². The summed E-state index contributed by atoms with van der Waals surface area (Å²) >= 11 is 0. The fourth-order valence-electron chi connectivity index (χ4n) is 2.22. The zero-order valence-electron chi connectivity index (χ0n) is 10.7. The molecule has 1 aromatic carbocycles. The van der Waals surface area contributed by atoms with Gasteiger partial charge in [0.25, 0.3) is 0 Å². The number of carbonyl (C=O) groups excluding carboxylic acids is 1. The molecule has 0 spiro atoms. The first-order chi connectivity index (χ1) is 9.01. The van der Waals surface area contributed by atoms with Gasteiger partial charge in [-0.2, -0.15) is 4.31 Å². The van der Waals surface area contributed by atoms with Crippen molar-refractivity contribution in [1.29, 1.82) is 0 Å². The average Bonchev–Trinajstić information content (AvgIpc) is 2.68. The van der Waals surface area contributed by atoms with Crippen molar-refractivity contribution in [3.63, 3.8) is 0 Å². The van der Waals surface area contributed by atoms with E-state index in [1.807, 2.05) is 0 Å². The molecule has 104 valence electrons. The van der Waals surface area contributed by atoms with E-state index in [0.29, 0.717) is 18.7 Å². The molecule has 0 atom stereocenters. The zero-order valence-corrected chi connectivity index (χ0v) is 11.5. The maximum absolute atomic E-state index is 12.4. The van der Waals surface area contributed by atoms with Crippen LogP contribution in [0.3, 0.4) is 0 Å². The Labute approximate surface area is 113 Å². The highest BCUT2D eigenvalue weighted by molar-refractivity contribution is 7.89. The van der Waals surface area contributed by atoms with Gasteiger partial charge in [0, 0.05) is 18.7 Å². The molecule has 1 fully saturated rings. The Kier molecular flexibility index (Phi) is 4.21. The van der Waals surface area contributed by atoms with Gasteiger partial charge in [0.2, 0.25) is 15.9 Å². The molecule has 1 heterocycles. The number of hydrogen-bond acceptors (Lipinski definition) is 3. The van der Waals surface area contributed by atoms with E-state index in [9.17, 15) is 13.2 Å². The molecule has 2 rings (SSSR count). The predicted octanol–water partition coefficient (Wildman–Crippen LogP) is 1.35. The smallest absolute Gasteiger partial charge is 0.248 e. The normalized spacial score (nSPS) is 17.9. The molecule has 1 saturated heterocycles. The van der Waals surface area contributed by atoms with Crippen molar-refractivity contribution in [2.24, 2.45) is 5.73 Å². The van der Waals surface area contributed by atoms with Gasteiger partial charge in [0.05, 0.1) is 4.90 Å². The lowest BCUT2D eigenvalue weighted by molar-refractivity contribution is 0.1000. The van der Waals surface area contributed by atoms with E-state index in [0.717, 1.165) is 25.7 Å². The lowest BCUT2D eigenvalue weighted by atomic mass is 10.2. The minimum absolute atomic E-state index is 0.222. The van der Waals surface area contributed by atoms with Crippen LogP contribution in [-0.2, 0) is 10.0 Å². The van der Waals surface area contributed by atoms with Crippen LogP contribution in [0.4, 0.5) is 0 Å². The first-order valence-electron chi connectivity index (χ1n) is 6.42. The van der Waals surface area contributed by atoms with Crippen LogP contribution >= 0.6 is 0 Å². The first kappa shape index (κ1) is 14.0. The molecule has 5 nitrogen and oxygen atoms in total. The lowest BCUT2D eigenvalue weighted by Crippen LogP contribution is -2.31. The van der Waals surface area contributed by atoms with Crippen LogP contribution in [-0.4, -0.2) is 31.7 Å². The van der Waals surface area contributed by atoms with E-state index in [1.54, 1.807) is 0 Å². The largest absolute Gasteiger partial charge is 0.366 e. The second kappa shape index (κ2) is 5.71. The lowest BCUT2D eigenvalue weighted by Gasteiger charge is -2.19. The van der Waals surface area contributed by atoms with Crippen molar-refractivity contribution in [3.05, 3.63) is 29.8 Å². The molecular formula is C13H18N2O3S. The molecule has 0 unspecified atom stereocenters. The van der Waals surface area contributed by atoms with Crippen LogP contribution < -0.4 is 5.73 Å². The molecule has 0 aliphatic carbocycles. The van der Waals surface area contributed by atoms with Gasteiger partial charge in [-0.1, -0.05) is 12.8 Å². The minimum atomic E-state index is -3.45. The standard InChI is InChI=1S/C13H18N2O3S/c14-13(16)11-5-7-12(8-6-11)19(17,18)15-9-3-1-2-4-10-15/h5-8H,1-4,9-10H2,(H2,14,16). The number of benzene rings is 1. The Hall–Kier alpha value is -1.40. The summed E-state index contributed by atoms with van der Waals surface area (Å²) in [5.74, 6) is -0.557. The first-order valence-corrected chi connectivity index (χ1v) is 7.86. The number of carbonyl (C=O) groups is 1. The third kappa shape index (κ3) is 3.13. The van der Waals surface area contributed by atoms with Crippen LogP contribution in [0, 0.1) is 0 Å². The van der Waals surface area contributed by atoms with Gasteiger partial charge in [-0.05, 0) is 37.1 Å². The van der Waals surface area contributed by atoms with Gasteiger partial charge in [-0.3, -0.25) is 4.79 Å². The molecular weight excluding hydrogens is 264 g/mol. The van der Waals surface area contributed by atoms with Gasteiger partial charge < -0.3 is 5.73 Å². The fraction of sp³-hybridized carbons (Fsp3) is 0.462. The Balaban J connectivity index is 2.25. The summed E-state index contributed by atoms with van der Waals surface area (Å²) in [4.78, 5) is 11.2. The van der Waals surface area contributed by atoms with Crippen LogP contribution in [0.15, 0.2) is 29.2 Å². The number of nitrogens with two attached hydrogens (primary N) is 1. The average molecular weight is 282 g/mol. The third-order valence-corrected chi connectivity index (χ3v) is 5.25. The summed E-state index contributed by atoms with van der Waals surface area (Å²) < 4.78 is 26.4. The molecule has 1 amide bonds. The van der Waals surface area contributed by atoms with Crippen molar-refractivity contribution in [2.75, 3.05) is 13.1 Å². The number of sulfonamides is 1. The molecule has 1 aromatic rings. The SMILES string of the molecule is NC(=O)c1ccc(S(=O)(=O)N2CCCCCC2)cc1. The molecule has 0 radical (unpaired) electrons. The topological polar surface area (TPSA) is 80.5 Å². The van der Waals surface area contributed by atoms with Crippen LogP contribution in [0.1, 0.15) is 36.0 Å². The van der Waals surface area contributed by atoms with E-state index in [2.05, 4.69) is 0 Å². The van der Waals surface area contributed by atoms with Crippen molar-refractivity contribution >= 4 is 15.9 Å². The van der Waals surface area contributed by atoms with Gasteiger partial charge in [-0.25, -0.2) is 8.42 Å². The summed E-state index contributed by atoms with van der Waals surface area (Å²) in [5, 5.41) is 0. The second-order valence-electron chi connectivity index (χ2n) is 4.71. The zero-order chi connectivity index (χ0) is 13.9. The predicted molar refractivity (Wildman–Crippen MR) is 72.2 cm³/mol. The fourth-order valence-corrected chi connectivity index (χ4v) is 3.74. The van der Waals surface area contributed by atoms with E-state index >= 15 is 0 Å². The minimum Gasteiger partial charge on any atom is -0.366 e. The highest BCUT2D eigenvalue weighted by Crippen LogP contribution is 2.20. The van der Waals surface area contributed by atoms with Crippen molar-refractivity contribution in [2.45, 2.75) is 30.6 Å². The Bertz CT molecular complexity index is 544. The van der Waals surface area contributed by atoms with Gasteiger partial charge in [0.15, 0.2) is 0 Å². The molecule has 19 heavy (non-hydrogen) atoms. The summed E-state index contributed by atoms with van der Waals surface area (Å²) in [6, 6.07) is 5.79. The molecule has 0 bridgehead atoms. The summed E-state index contributed by atoms with van der Waals surface area (Å²) in [6.45, 7) is 1.14. The highest BCUT2D eigenvalue weighted by atomic mass is 32.2. The third-order valence-electron chi connectivity index (χ3n) is 3.34. The molecule has 1 aliphatic rings. The monoisotopic (exact) mass is 282 g/mol. The molecule has 2 N–H and O–H groups in total. The van der Waals surface area contributed by atoms with E-state index in [4.69, 9.17) is 5.73 Å². The maximum Gasteiger partial charge on any atom is 0.248 e. The van der Waals surface area contributed by atoms with E-state index in [-0.39, 0.29) is 4.90 Å². The maximum atomic E-state index is 12.4. The Morgan fingerprint density at radius 3 is 2.00 bits per heavy atom. The number of primary amides is 1. The van der Waals surface area contributed by atoms with Crippen molar-refractivity contribution in [3.8, 4) is 0 Å². The number of nitrogens with zero attached hydrogens (tertiary/aromatic N) is 1. The Morgan fingerprint density at radius 2 is 1.53 bits per heavy atom. The number of rotatable bonds is 3. The second-order valence-corrected chi connectivity index (χ2v) is 6.64. The Morgan fingerprint density at radius 1 is 1.00 bits per heavy atom. The molecule has 0 saturated carbocycles.